The van der Waals surface area contributed by atoms with Gasteiger partial charge in [-0.25, -0.2) is 4.68 Å². The van der Waals surface area contributed by atoms with Gasteiger partial charge in [0, 0.05) is 30.7 Å². The molecule has 2 heterocycles. The van der Waals surface area contributed by atoms with Gasteiger partial charge in [0.25, 0.3) is 11.5 Å². The standard InChI is InChI=1S/C24H21F3N4O2/c1-14-10-15(2)31(29-14)17-9-8-16(20(11-17)24(25,26)27)13-28-23(33)19-12-22(32)30(3)21-7-5-4-6-18(19)21/h4-12H,13H2,1-3H3,(H,28,33). The van der Waals surface area contributed by atoms with Crippen molar-refractivity contribution in [3.8, 4) is 5.69 Å². The summed E-state index contributed by atoms with van der Waals surface area (Å²) in [6, 6.07) is 13.7. The number of hydrogen-bond donors (Lipinski definition) is 1. The second-order valence-corrected chi connectivity index (χ2v) is 7.83. The van der Waals surface area contributed by atoms with Crippen molar-refractivity contribution in [1.29, 1.82) is 0 Å². The number of para-hydroxylation sites is 1. The second-order valence-electron chi connectivity index (χ2n) is 7.83. The van der Waals surface area contributed by atoms with E-state index in [-0.39, 0.29) is 28.9 Å². The predicted molar refractivity (Wildman–Crippen MR) is 118 cm³/mol. The Morgan fingerprint density at radius 2 is 1.79 bits per heavy atom. The van der Waals surface area contributed by atoms with Gasteiger partial charge in [-0.3, -0.25) is 9.59 Å². The van der Waals surface area contributed by atoms with E-state index in [1.54, 1.807) is 51.2 Å². The normalized spacial score (nSPS) is 11.7. The van der Waals surface area contributed by atoms with Crippen molar-refractivity contribution in [2.24, 2.45) is 7.05 Å². The van der Waals surface area contributed by atoms with Gasteiger partial charge in [0.1, 0.15) is 0 Å². The fraction of sp³-hybridized carbons (Fsp3) is 0.208. The number of rotatable bonds is 4. The zero-order valence-electron chi connectivity index (χ0n) is 18.2. The van der Waals surface area contributed by atoms with Crippen molar-refractivity contribution in [3.05, 3.63) is 93.0 Å². The molecule has 4 aromatic rings. The molecule has 0 unspecified atom stereocenters. The van der Waals surface area contributed by atoms with E-state index >= 15 is 0 Å². The number of carbonyl (C=O) groups is 1. The van der Waals surface area contributed by atoms with E-state index in [9.17, 15) is 22.8 Å². The summed E-state index contributed by atoms with van der Waals surface area (Å²) < 4.78 is 44.3. The van der Waals surface area contributed by atoms with Crippen LogP contribution in [0.5, 0.6) is 0 Å². The maximum atomic E-state index is 13.8. The predicted octanol–water partition coefficient (Wildman–Crippen LogP) is 4.29. The molecule has 0 atom stereocenters. The van der Waals surface area contributed by atoms with Crippen molar-refractivity contribution in [2.45, 2.75) is 26.6 Å². The lowest BCUT2D eigenvalue weighted by Gasteiger charge is -2.16. The largest absolute Gasteiger partial charge is 0.416 e. The third-order valence-electron chi connectivity index (χ3n) is 5.49. The van der Waals surface area contributed by atoms with E-state index < -0.39 is 17.6 Å². The zero-order chi connectivity index (χ0) is 23.9. The highest BCUT2D eigenvalue weighted by Crippen LogP contribution is 2.34. The molecule has 2 aromatic carbocycles. The summed E-state index contributed by atoms with van der Waals surface area (Å²) in [6.07, 6.45) is -4.62. The van der Waals surface area contributed by atoms with Gasteiger partial charge in [0.15, 0.2) is 0 Å². The van der Waals surface area contributed by atoms with Gasteiger partial charge in [0.05, 0.1) is 28.0 Å². The maximum absolute atomic E-state index is 13.8. The summed E-state index contributed by atoms with van der Waals surface area (Å²) in [5, 5.41) is 7.31. The summed E-state index contributed by atoms with van der Waals surface area (Å²) in [7, 11) is 1.59. The average Bonchev–Trinajstić information content (AvgIpc) is 3.11. The number of nitrogens with zero attached hydrogens (tertiary/aromatic N) is 3. The highest BCUT2D eigenvalue weighted by Gasteiger charge is 2.34. The number of aromatic nitrogens is 3. The van der Waals surface area contributed by atoms with Gasteiger partial charge in [0.2, 0.25) is 0 Å². The van der Waals surface area contributed by atoms with Crippen molar-refractivity contribution >= 4 is 16.8 Å². The Labute approximate surface area is 187 Å². The number of aryl methyl sites for hydroxylation is 3. The molecule has 2 aromatic heterocycles. The molecule has 0 saturated heterocycles. The Kier molecular flexibility index (Phi) is 5.57. The van der Waals surface area contributed by atoms with Crippen molar-refractivity contribution in [3.63, 3.8) is 0 Å². The summed E-state index contributed by atoms with van der Waals surface area (Å²) in [5.41, 5.74) is 1.01. The summed E-state index contributed by atoms with van der Waals surface area (Å²) in [4.78, 5) is 25.1. The smallest absolute Gasteiger partial charge is 0.348 e. The van der Waals surface area contributed by atoms with Crippen LogP contribution in [0.3, 0.4) is 0 Å². The number of fused-ring (bicyclic) bond motifs is 1. The highest BCUT2D eigenvalue weighted by molar-refractivity contribution is 6.06. The molecule has 4 rings (SSSR count). The molecule has 0 saturated carbocycles. The number of benzene rings is 2. The monoisotopic (exact) mass is 454 g/mol. The molecular weight excluding hydrogens is 433 g/mol. The van der Waals surface area contributed by atoms with Crippen molar-refractivity contribution in [2.75, 3.05) is 0 Å². The van der Waals surface area contributed by atoms with Gasteiger partial charge in [-0.15, -0.1) is 0 Å². The molecule has 0 aliphatic carbocycles. The molecule has 0 spiro atoms. The number of pyridine rings is 1. The molecule has 170 valence electrons. The lowest BCUT2D eigenvalue weighted by Crippen LogP contribution is -2.27. The average molecular weight is 454 g/mol. The SMILES string of the molecule is Cc1cc(C)n(-c2ccc(CNC(=O)c3cc(=O)n(C)c4ccccc34)c(C(F)(F)F)c2)n1. The lowest BCUT2D eigenvalue weighted by atomic mass is 10.0. The second kappa shape index (κ2) is 8.23. The van der Waals surface area contributed by atoms with Crippen LogP contribution in [-0.4, -0.2) is 20.3 Å². The molecular formula is C24H21F3N4O2. The van der Waals surface area contributed by atoms with Crippen LogP contribution in [0.1, 0.15) is 32.9 Å². The molecule has 0 radical (unpaired) electrons. The quantitative estimate of drug-likeness (QED) is 0.500. The van der Waals surface area contributed by atoms with Crippen molar-refractivity contribution < 1.29 is 18.0 Å². The molecule has 1 amide bonds. The Balaban J connectivity index is 1.67. The molecule has 0 aliphatic heterocycles. The molecule has 0 fully saturated rings. The summed E-state index contributed by atoms with van der Waals surface area (Å²) >= 11 is 0. The lowest BCUT2D eigenvalue weighted by molar-refractivity contribution is -0.138. The summed E-state index contributed by atoms with van der Waals surface area (Å²) in [6.45, 7) is 3.17. The van der Waals surface area contributed by atoms with E-state index in [2.05, 4.69) is 10.4 Å². The van der Waals surface area contributed by atoms with Gasteiger partial charge in [-0.05, 0) is 43.7 Å². The van der Waals surface area contributed by atoms with Crippen LogP contribution in [0.25, 0.3) is 16.6 Å². The van der Waals surface area contributed by atoms with Crippen LogP contribution in [0, 0.1) is 13.8 Å². The third-order valence-corrected chi connectivity index (χ3v) is 5.49. The number of carbonyl (C=O) groups excluding carboxylic acids is 1. The zero-order valence-corrected chi connectivity index (χ0v) is 18.2. The molecule has 1 N–H and O–H groups in total. The maximum Gasteiger partial charge on any atom is 0.416 e. The minimum Gasteiger partial charge on any atom is -0.348 e. The van der Waals surface area contributed by atoms with Crippen LogP contribution in [0.15, 0.2) is 59.4 Å². The Morgan fingerprint density at radius 3 is 2.45 bits per heavy atom. The van der Waals surface area contributed by atoms with E-state index in [0.717, 1.165) is 6.07 Å². The van der Waals surface area contributed by atoms with Gasteiger partial charge in [-0.2, -0.15) is 18.3 Å². The van der Waals surface area contributed by atoms with Crippen LogP contribution in [0.4, 0.5) is 13.2 Å². The minimum absolute atomic E-state index is 0.0886. The number of amides is 1. The molecule has 9 heteroatoms. The first kappa shape index (κ1) is 22.3. The van der Waals surface area contributed by atoms with Crippen LogP contribution in [0.2, 0.25) is 0 Å². The number of nitrogens with one attached hydrogen (secondary N) is 1. The number of halogens is 3. The fourth-order valence-electron chi connectivity index (χ4n) is 3.87. The third kappa shape index (κ3) is 4.26. The van der Waals surface area contributed by atoms with Crippen LogP contribution < -0.4 is 10.9 Å². The minimum atomic E-state index is -4.62. The summed E-state index contributed by atoms with van der Waals surface area (Å²) in [5.74, 6) is -0.625. The Morgan fingerprint density at radius 1 is 1.06 bits per heavy atom. The van der Waals surface area contributed by atoms with E-state index in [1.165, 1.54) is 27.4 Å². The molecule has 0 aliphatic rings. The Bertz CT molecular complexity index is 1430. The molecule has 33 heavy (non-hydrogen) atoms. The molecule has 6 nitrogen and oxygen atoms in total. The van der Waals surface area contributed by atoms with Gasteiger partial charge in [-0.1, -0.05) is 24.3 Å². The fourth-order valence-corrected chi connectivity index (χ4v) is 3.87. The number of hydrogen-bond acceptors (Lipinski definition) is 3. The van der Waals surface area contributed by atoms with Crippen LogP contribution >= 0.6 is 0 Å². The first-order valence-corrected chi connectivity index (χ1v) is 10.2. The van der Waals surface area contributed by atoms with Crippen molar-refractivity contribution in [1.82, 2.24) is 19.7 Å². The van der Waals surface area contributed by atoms with E-state index in [4.69, 9.17) is 0 Å². The first-order chi connectivity index (χ1) is 15.6. The van der Waals surface area contributed by atoms with E-state index in [1.807, 2.05) is 0 Å². The van der Waals surface area contributed by atoms with Gasteiger partial charge >= 0.3 is 6.18 Å². The van der Waals surface area contributed by atoms with E-state index in [0.29, 0.717) is 22.3 Å². The first-order valence-electron chi connectivity index (χ1n) is 10.2. The Hall–Kier alpha value is -3.88. The van der Waals surface area contributed by atoms with Gasteiger partial charge < -0.3 is 9.88 Å². The van der Waals surface area contributed by atoms with Crippen LogP contribution in [-0.2, 0) is 19.8 Å². The topological polar surface area (TPSA) is 68.9 Å². The number of alkyl halides is 3. The molecule has 0 bridgehead atoms. The highest BCUT2D eigenvalue weighted by atomic mass is 19.4.